The fourth-order valence-electron chi connectivity index (χ4n) is 1.24. The average Bonchev–Trinajstić information content (AvgIpc) is 2.96. The Balaban J connectivity index is 0.000000491. The van der Waals surface area contributed by atoms with Crippen LogP contribution in [-0.4, -0.2) is 36.6 Å². The molecule has 2 rings (SSSR count). The van der Waals surface area contributed by atoms with Crippen LogP contribution < -0.4 is 0 Å². The molecule has 2 aliphatic heterocycles. The molecule has 0 aromatic heterocycles. The van der Waals surface area contributed by atoms with Crippen molar-refractivity contribution in [3.8, 4) is 0 Å². The molecule has 2 aliphatic rings. The van der Waals surface area contributed by atoms with Gasteiger partial charge in [0.2, 0.25) is 0 Å². The van der Waals surface area contributed by atoms with Gasteiger partial charge in [0.05, 0.1) is 25.3 Å². The van der Waals surface area contributed by atoms with E-state index in [1.54, 1.807) is 9.06 Å². The molecular formula is C14H26S4Si2Sn. The summed E-state index contributed by atoms with van der Waals surface area (Å²) in [5.41, 5.74) is 0. The van der Waals surface area contributed by atoms with Crippen molar-refractivity contribution in [3.05, 3.63) is 28.3 Å². The fourth-order valence-corrected chi connectivity index (χ4v) is 11.2. The van der Waals surface area contributed by atoms with Gasteiger partial charge in [0.15, 0.2) is 0 Å². The first-order valence-electron chi connectivity index (χ1n) is 7.02. The van der Waals surface area contributed by atoms with Crippen molar-refractivity contribution in [3.63, 3.8) is 0 Å². The molecule has 0 aromatic rings. The molecule has 0 atom stereocenters. The summed E-state index contributed by atoms with van der Waals surface area (Å²) < 4.78 is 6.29. The number of hydrogen-bond donors (Lipinski definition) is 0. The van der Waals surface area contributed by atoms with E-state index in [0.717, 1.165) is 0 Å². The van der Waals surface area contributed by atoms with Crippen molar-refractivity contribution in [2.24, 2.45) is 0 Å². The second-order valence-corrected chi connectivity index (χ2v) is 28.0. The van der Waals surface area contributed by atoms with E-state index in [1.807, 2.05) is 47.0 Å². The number of rotatable bonds is 2. The summed E-state index contributed by atoms with van der Waals surface area (Å²) in [5, 5.41) is 4.76. The van der Waals surface area contributed by atoms with Crippen molar-refractivity contribution in [1.29, 1.82) is 0 Å². The van der Waals surface area contributed by atoms with Crippen LogP contribution in [0.15, 0.2) is 28.3 Å². The Labute approximate surface area is 158 Å². The molecule has 0 aliphatic carbocycles. The van der Waals surface area contributed by atoms with Crippen molar-refractivity contribution in [1.82, 2.24) is 0 Å². The van der Waals surface area contributed by atoms with Crippen LogP contribution in [0.5, 0.6) is 0 Å². The van der Waals surface area contributed by atoms with Gasteiger partial charge in [-0.05, 0) is 19.9 Å². The summed E-state index contributed by atoms with van der Waals surface area (Å²) in [6.45, 7) is 12.0. The molecule has 118 valence electrons. The Kier molecular flexibility index (Phi) is 9.32. The summed E-state index contributed by atoms with van der Waals surface area (Å²) in [6, 6.07) is 0. The fraction of sp³-hybridized carbons (Fsp3) is 0.571. The van der Waals surface area contributed by atoms with Crippen molar-refractivity contribution in [2.45, 2.75) is 47.6 Å². The quantitative estimate of drug-likeness (QED) is 0.367. The predicted molar refractivity (Wildman–Crippen MR) is 118 cm³/mol. The van der Waals surface area contributed by atoms with Gasteiger partial charge >= 0.3 is 34.6 Å². The topological polar surface area (TPSA) is 0 Å². The van der Waals surface area contributed by atoms with E-state index in [4.69, 9.17) is 0 Å². The van der Waals surface area contributed by atoms with Crippen molar-refractivity contribution in [2.75, 3.05) is 0 Å². The molecule has 0 saturated carbocycles. The normalized spacial score (nSPS) is 22.4. The van der Waals surface area contributed by atoms with Gasteiger partial charge in [-0.2, -0.15) is 0 Å². The van der Waals surface area contributed by atoms with Gasteiger partial charge in [-0.3, -0.25) is 0 Å². The summed E-state index contributed by atoms with van der Waals surface area (Å²) in [5.74, 6) is 0. The molecule has 2 radical (unpaired) electrons. The second kappa shape index (κ2) is 9.37. The van der Waals surface area contributed by atoms with Crippen LogP contribution in [0.1, 0.15) is 0 Å². The van der Waals surface area contributed by atoms with Crippen LogP contribution in [-0.2, 0) is 0 Å². The maximum absolute atomic E-state index is 2.43. The zero-order valence-corrected chi connectivity index (χ0v) is 22.4. The zero-order valence-electron chi connectivity index (χ0n) is 14.3. The number of thioether (sulfide) groups is 4. The Bertz CT molecular complexity index is 459. The third-order valence-electron chi connectivity index (χ3n) is 2.35. The Morgan fingerprint density at radius 2 is 1.38 bits per heavy atom. The first kappa shape index (κ1) is 20.9. The summed E-state index contributed by atoms with van der Waals surface area (Å²) >= 11 is 7.38. The van der Waals surface area contributed by atoms with Crippen molar-refractivity contribution >= 4 is 83.7 Å². The molecule has 2 heterocycles. The van der Waals surface area contributed by atoms with E-state index in [0.29, 0.717) is 0 Å². The summed E-state index contributed by atoms with van der Waals surface area (Å²) in [6.07, 6.45) is 0. The first-order chi connectivity index (χ1) is 9.61. The van der Waals surface area contributed by atoms with E-state index in [1.165, 1.54) is 8.47 Å². The molecule has 0 unspecified atom stereocenters. The minimum absolute atomic E-state index is 0.273. The third-order valence-corrected chi connectivity index (χ3v) is 14.1. The second-order valence-electron chi connectivity index (χ2n) is 6.73. The molecule has 7 heteroatoms. The number of hydrogen-bond acceptors (Lipinski definition) is 4. The third kappa shape index (κ3) is 7.52. The Morgan fingerprint density at radius 1 is 0.905 bits per heavy atom. The zero-order chi connectivity index (χ0) is 16.2. The standard InChI is InChI=1S/C11H17S4Si2.3CH3.Sn/c1-16(2)8-6-12-10(14-8)11-13-7-9(15-11)17(3,4)5;;;;/h6-7H,1-5H3;3*1H3;/b11-10+;;;;. The molecule has 0 bridgehead atoms. The van der Waals surface area contributed by atoms with Gasteiger partial charge in [-0.15, -0.1) is 0 Å². The molecule has 0 amide bonds. The van der Waals surface area contributed by atoms with Gasteiger partial charge in [-0.1, -0.05) is 79.8 Å². The SMILES string of the molecule is C[Si](C)C1=CS/C(=C2/SC=C([Si](C)(C)C)S2)S1.[CH3][Sn]([CH3])[CH3]. The van der Waals surface area contributed by atoms with E-state index < -0.39 is 27.8 Å². The predicted octanol–water partition coefficient (Wildman–Crippen LogP) is 7.30. The first-order valence-corrected chi connectivity index (χ1v) is 25.0. The van der Waals surface area contributed by atoms with Gasteiger partial charge in [0.25, 0.3) is 0 Å². The van der Waals surface area contributed by atoms with Crippen LogP contribution in [0, 0.1) is 0 Å². The van der Waals surface area contributed by atoms with Crippen LogP contribution >= 0.6 is 47.0 Å². The van der Waals surface area contributed by atoms with E-state index >= 15 is 0 Å². The van der Waals surface area contributed by atoms with E-state index in [-0.39, 0.29) is 8.80 Å². The Morgan fingerprint density at radius 3 is 1.76 bits per heavy atom. The molecule has 0 nitrogen and oxygen atoms in total. The molecule has 0 fully saturated rings. The summed E-state index contributed by atoms with van der Waals surface area (Å²) in [4.78, 5) is 7.09. The maximum atomic E-state index is 2.43. The molecule has 0 aromatic carbocycles. The molecule has 0 saturated heterocycles. The van der Waals surface area contributed by atoms with Gasteiger partial charge < -0.3 is 0 Å². The van der Waals surface area contributed by atoms with Crippen LogP contribution in [0.2, 0.25) is 47.6 Å². The van der Waals surface area contributed by atoms with E-state index in [9.17, 15) is 0 Å². The molecular weight excluding hydrogens is 471 g/mol. The van der Waals surface area contributed by atoms with Crippen LogP contribution in [0.4, 0.5) is 0 Å². The van der Waals surface area contributed by atoms with Gasteiger partial charge in [-0.25, -0.2) is 0 Å². The minimum atomic E-state index is -1.12. The van der Waals surface area contributed by atoms with Crippen molar-refractivity contribution < 1.29 is 0 Å². The van der Waals surface area contributed by atoms with Gasteiger partial charge in [0, 0.05) is 0 Å². The molecule has 0 N–H and O–H groups in total. The molecule has 0 spiro atoms. The van der Waals surface area contributed by atoms with Gasteiger partial charge in [0.1, 0.15) is 0 Å². The molecule has 21 heavy (non-hydrogen) atoms. The average molecular weight is 498 g/mol. The monoisotopic (exact) mass is 498 g/mol. The van der Waals surface area contributed by atoms with Crippen LogP contribution in [0.25, 0.3) is 0 Å². The summed E-state index contributed by atoms with van der Waals surface area (Å²) in [7, 11) is -1.39. The van der Waals surface area contributed by atoms with Crippen LogP contribution in [0.3, 0.4) is 0 Å². The Hall–Kier alpha value is 1.85. The van der Waals surface area contributed by atoms with E-state index in [2.05, 4.69) is 58.4 Å².